The molecule has 0 saturated heterocycles. The van der Waals surface area contributed by atoms with Crippen molar-refractivity contribution >= 4 is 27.7 Å². The van der Waals surface area contributed by atoms with Gasteiger partial charge in [0.1, 0.15) is 5.69 Å². The van der Waals surface area contributed by atoms with Gasteiger partial charge in [-0.2, -0.15) is 0 Å². The van der Waals surface area contributed by atoms with Gasteiger partial charge < -0.3 is 14.9 Å². The second-order valence-corrected chi connectivity index (χ2v) is 7.01. The molecule has 2 N–H and O–H groups in total. The lowest BCUT2D eigenvalue weighted by atomic mass is 10.1. The van der Waals surface area contributed by atoms with Gasteiger partial charge in [-0.25, -0.2) is 4.98 Å². The predicted molar refractivity (Wildman–Crippen MR) is 113 cm³/mol. The summed E-state index contributed by atoms with van der Waals surface area (Å²) in [6.45, 7) is 0.402. The van der Waals surface area contributed by atoms with Gasteiger partial charge in [0.2, 0.25) is 0 Å². The number of pyridine rings is 2. The normalized spacial score (nSPS) is 11.2. The summed E-state index contributed by atoms with van der Waals surface area (Å²) in [5.74, 6) is -0.203. The van der Waals surface area contributed by atoms with Gasteiger partial charge in [0.25, 0.3) is 5.91 Å². The molecule has 4 heterocycles. The molecule has 29 heavy (non-hydrogen) atoms. The van der Waals surface area contributed by atoms with Crippen molar-refractivity contribution in [1.82, 2.24) is 24.8 Å². The molecule has 6 heteroatoms. The van der Waals surface area contributed by atoms with Gasteiger partial charge in [-0.05, 0) is 29.8 Å². The second kappa shape index (κ2) is 6.91. The number of aromatic nitrogens is 4. The Bertz CT molecular complexity index is 1330. The Labute approximate surface area is 167 Å². The molecule has 5 aromatic rings. The van der Waals surface area contributed by atoms with E-state index in [0.717, 1.165) is 38.6 Å². The number of nitrogens with one attached hydrogen (secondary N) is 2. The first kappa shape index (κ1) is 17.2. The fraction of sp³-hybridized carbons (Fsp3) is 0.0870. The molecule has 0 bridgehead atoms. The third-order valence-corrected chi connectivity index (χ3v) is 5.14. The van der Waals surface area contributed by atoms with Crippen LogP contribution in [0.25, 0.3) is 33.1 Å². The van der Waals surface area contributed by atoms with Crippen LogP contribution in [0.4, 0.5) is 0 Å². The Morgan fingerprint density at radius 2 is 2.10 bits per heavy atom. The Hall–Kier alpha value is -3.93. The van der Waals surface area contributed by atoms with Gasteiger partial charge in [-0.3, -0.25) is 9.78 Å². The van der Waals surface area contributed by atoms with Crippen molar-refractivity contribution < 1.29 is 4.79 Å². The van der Waals surface area contributed by atoms with Crippen LogP contribution in [-0.4, -0.2) is 25.4 Å². The number of nitrogens with zero attached hydrogens (tertiary/aromatic N) is 3. The molecule has 0 atom stereocenters. The number of carbonyl (C=O) groups excluding carboxylic acids is 1. The molecule has 0 saturated carbocycles. The summed E-state index contributed by atoms with van der Waals surface area (Å²) in [4.78, 5) is 25.2. The maximum atomic E-state index is 13.0. The second-order valence-electron chi connectivity index (χ2n) is 7.01. The van der Waals surface area contributed by atoms with Crippen LogP contribution >= 0.6 is 0 Å². The first-order valence-corrected chi connectivity index (χ1v) is 9.40. The number of para-hydroxylation sites is 1. The topological polar surface area (TPSA) is 75.6 Å². The van der Waals surface area contributed by atoms with Gasteiger partial charge in [-0.1, -0.05) is 24.3 Å². The third kappa shape index (κ3) is 3.04. The summed E-state index contributed by atoms with van der Waals surface area (Å²) < 4.78 is 2.01. The number of benzene rings is 1. The zero-order valence-electron chi connectivity index (χ0n) is 15.9. The zero-order valence-corrected chi connectivity index (χ0v) is 15.9. The Kier molecular flexibility index (Phi) is 4.09. The molecule has 0 aliphatic heterocycles. The number of hydrogen-bond donors (Lipinski definition) is 2. The molecule has 142 valence electrons. The molecule has 0 fully saturated rings. The van der Waals surface area contributed by atoms with E-state index in [0.29, 0.717) is 12.2 Å². The van der Waals surface area contributed by atoms with Gasteiger partial charge >= 0.3 is 0 Å². The number of hydrogen-bond acceptors (Lipinski definition) is 3. The monoisotopic (exact) mass is 381 g/mol. The molecule has 0 aliphatic carbocycles. The SMILES string of the molecule is Cn1ccc2c(C(=O)NCc3cccnc3)nc(-c3cccc4cc[nH]c34)cc21. The van der Waals surface area contributed by atoms with Crippen molar-refractivity contribution in [3.63, 3.8) is 0 Å². The number of fused-ring (bicyclic) bond motifs is 2. The minimum atomic E-state index is -0.203. The van der Waals surface area contributed by atoms with Gasteiger partial charge in [0, 0.05) is 54.7 Å². The maximum Gasteiger partial charge on any atom is 0.270 e. The van der Waals surface area contributed by atoms with Crippen molar-refractivity contribution in [2.75, 3.05) is 0 Å². The molecule has 6 nitrogen and oxygen atoms in total. The quantitative estimate of drug-likeness (QED) is 0.493. The molecule has 4 aromatic heterocycles. The summed E-state index contributed by atoms with van der Waals surface area (Å²) in [5, 5.41) is 4.91. The smallest absolute Gasteiger partial charge is 0.270 e. The summed E-state index contributed by atoms with van der Waals surface area (Å²) in [6.07, 6.45) is 7.32. The van der Waals surface area contributed by atoms with E-state index in [1.165, 1.54) is 0 Å². The van der Waals surface area contributed by atoms with E-state index in [4.69, 9.17) is 4.98 Å². The van der Waals surface area contributed by atoms with E-state index in [1.807, 2.05) is 66.5 Å². The van der Waals surface area contributed by atoms with Crippen LogP contribution in [0.5, 0.6) is 0 Å². The van der Waals surface area contributed by atoms with Crippen LogP contribution in [0, 0.1) is 0 Å². The van der Waals surface area contributed by atoms with E-state index in [-0.39, 0.29) is 5.91 Å². The molecule has 0 unspecified atom stereocenters. The molecule has 1 aromatic carbocycles. The number of aryl methyl sites for hydroxylation is 1. The number of rotatable bonds is 4. The van der Waals surface area contributed by atoms with Gasteiger partial charge in [-0.15, -0.1) is 0 Å². The number of H-pyrrole nitrogens is 1. The highest BCUT2D eigenvalue weighted by molar-refractivity contribution is 6.06. The fourth-order valence-electron chi connectivity index (χ4n) is 3.64. The minimum absolute atomic E-state index is 0.203. The van der Waals surface area contributed by atoms with Crippen LogP contribution in [-0.2, 0) is 13.6 Å². The first-order chi connectivity index (χ1) is 14.2. The molecule has 0 aliphatic rings. The van der Waals surface area contributed by atoms with Crippen LogP contribution in [0.1, 0.15) is 16.1 Å². The number of carbonyl (C=O) groups is 1. The fourth-order valence-corrected chi connectivity index (χ4v) is 3.64. The summed E-state index contributed by atoms with van der Waals surface area (Å²) in [5.41, 5.74) is 5.07. The van der Waals surface area contributed by atoms with E-state index in [9.17, 15) is 4.79 Å². The van der Waals surface area contributed by atoms with Crippen molar-refractivity contribution in [3.8, 4) is 11.3 Å². The molecular formula is C23H19N5O. The Balaban J connectivity index is 1.60. The van der Waals surface area contributed by atoms with Crippen LogP contribution in [0.2, 0.25) is 0 Å². The van der Waals surface area contributed by atoms with Crippen molar-refractivity contribution in [1.29, 1.82) is 0 Å². The van der Waals surface area contributed by atoms with Crippen molar-refractivity contribution in [2.24, 2.45) is 7.05 Å². The van der Waals surface area contributed by atoms with Gasteiger partial charge in [0.15, 0.2) is 0 Å². The lowest BCUT2D eigenvalue weighted by Gasteiger charge is -2.10. The third-order valence-electron chi connectivity index (χ3n) is 5.14. The minimum Gasteiger partial charge on any atom is -0.361 e. The maximum absolute atomic E-state index is 13.0. The molecule has 5 rings (SSSR count). The highest BCUT2D eigenvalue weighted by Crippen LogP contribution is 2.30. The predicted octanol–water partition coefficient (Wildman–Crippen LogP) is 4.05. The lowest BCUT2D eigenvalue weighted by molar-refractivity contribution is 0.0948. The average Bonchev–Trinajstić information content (AvgIpc) is 3.39. The van der Waals surface area contributed by atoms with Crippen molar-refractivity contribution in [2.45, 2.75) is 6.54 Å². The van der Waals surface area contributed by atoms with Crippen LogP contribution in [0.15, 0.2) is 73.3 Å². The number of amides is 1. The highest BCUT2D eigenvalue weighted by atomic mass is 16.1. The highest BCUT2D eigenvalue weighted by Gasteiger charge is 2.17. The average molecular weight is 381 g/mol. The molecular weight excluding hydrogens is 362 g/mol. The Morgan fingerprint density at radius 3 is 2.97 bits per heavy atom. The molecule has 0 radical (unpaired) electrons. The van der Waals surface area contributed by atoms with E-state index >= 15 is 0 Å². The summed E-state index contributed by atoms with van der Waals surface area (Å²) in [6, 6.07) is 15.9. The van der Waals surface area contributed by atoms with Crippen LogP contribution < -0.4 is 5.32 Å². The summed E-state index contributed by atoms with van der Waals surface area (Å²) in [7, 11) is 1.97. The van der Waals surface area contributed by atoms with E-state index in [2.05, 4.69) is 21.4 Å². The Morgan fingerprint density at radius 1 is 1.17 bits per heavy atom. The standard InChI is InChI=1S/C23H19N5O/c1-28-11-8-18-20(28)12-19(17-6-2-5-16-7-10-25-21(16)17)27-22(18)23(29)26-14-15-4-3-9-24-13-15/h2-13,25H,14H2,1H3,(H,26,29). The first-order valence-electron chi connectivity index (χ1n) is 9.40. The van der Waals surface area contributed by atoms with E-state index < -0.39 is 0 Å². The molecule has 0 spiro atoms. The molecule has 1 amide bonds. The lowest BCUT2D eigenvalue weighted by Crippen LogP contribution is -2.24. The van der Waals surface area contributed by atoms with E-state index in [1.54, 1.807) is 12.4 Å². The van der Waals surface area contributed by atoms with Crippen LogP contribution in [0.3, 0.4) is 0 Å². The van der Waals surface area contributed by atoms with Gasteiger partial charge in [0.05, 0.1) is 16.7 Å². The number of aromatic amines is 1. The largest absolute Gasteiger partial charge is 0.361 e. The zero-order chi connectivity index (χ0) is 19.8. The summed E-state index contributed by atoms with van der Waals surface area (Å²) >= 11 is 0. The van der Waals surface area contributed by atoms with Crippen molar-refractivity contribution in [3.05, 3.63) is 84.6 Å².